The topological polar surface area (TPSA) is 43.4 Å². The first-order valence-corrected chi connectivity index (χ1v) is 7.27. The third-order valence-electron chi connectivity index (χ3n) is 4.48. The van der Waals surface area contributed by atoms with Crippen LogP contribution in [0.1, 0.15) is 54.4 Å². The minimum Gasteiger partial charge on any atom is -0.458 e. The van der Waals surface area contributed by atoms with E-state index in [1.54, 1.807) is 0 Å². The maximum absolute atomic E-state index is 12.6. The minimum atomic E-state index is -0.271. The molecule has 0 bridgehead atoms. The fraction of sp³-hybridized carbons (Fsp3) is 0.647. The van der Waals surface area contributed by atoms with Crippen molar-refractivity contribution < 1.29 is 14.3 Å². The summed E-state index contributed by atoms with van der Waals surface area (Å²) in [6, 6.07) is 0. The maximum Gasteiger partial charge on any atom is 0.303 e. The zero-order chi connectivity index (χ0) is 15.5. The van der Waals surface area contributed by atoms with Gasteiger partial charge in [-0.1, -0.05) is 25.5 Å². The van der Waals surface area contributed by atoms with Gasteiger partial charge in [0, 0.05) is 12.8 Å². The van der Waals surface area contributed by atoms with Gasteiger partial charge in [-0.25, -0.2) is 0 Å². The van der Waals surface area contributed by atoms with Gasteiger partial charge in [0.1, 0.15) is 6.10 Å². The fourth-order valence-electron chi connectivity index (χ4n) is 3.11. The molecule has 1 aliphatic rings. The smallest absolute Gasteiger partial charge is 0.303 e. The molecule has 0 amide bonds. The summed E-state index contributed by atoms with van der Waals surface area (Å²) in [5.41, 5.74) is 1.65. The van der Waals surface area contributed by atoms with Gasteiger partial charge in [0.2, 0.25) is 0 Å². The molecule has 0 saturated heterocycles. The molecule has 0 aromatic carbocycles. The monoisotopic (exact) mass is 278 g/mol. The molecule has 0 saturated carbocycles. The number of esters is 1. The highest BCUT2D eigenvalue weighted by Gasteiger charge is 2.43. The summed E-state index contributed by atoms with van der Waals surface area (Å²) in [6.45, 7) is 11.4. The Hall–Kier alpha value is -1.38. The lowest BCUT2D eigenvalue weighted by atomic mass is 9.62. The highest BCUT2D eigenvalue weighted by molar-refractivity contribution is 5.99. The molecule has 3 atom stereocenters. The van der Waals surface area contributed by atoms with Crippen LogP contribution in [0.25, 0.3) is 0 Å². The van der Waals surface area contributed by atoms with Crippen LogP contribution in [0.5, 0.6) is 0 Å². The van der Waals surface area contributed by atoms with Crippen LogP contribution in [-0.2, 0) is 14.3 Å². The summed E-state index contributed by atoms with van der Waals surface area (Å²) in [5, 5.41) is 0. The first kappa shape index (κ1) is 16.7. The van der Waals surface area contributed by atoms with E-state index < -0.39 is 0 Å². The molecule has 0 fully saturated rings. The van der Waals surface area contributed by atoms with Crippen LogP contribution >= 0.6 is 0 Å². The molecule has 1 rings (SSSR count). The highest BCUT2D eigenvalue weighted by atomic mass is 16.5. The molecule has 0 heterocycles. The van der Waals surface area contributed by atoms with Crippen LogP contribution in [0.3, 0.4) is 0 Å². The van der Waals surface area contributed by atoms with Gasteiger partial charge in [-0.15, -0.1) is 0 Å². The molecule has 0 spiro atoms. The Morgan fingerprint density at radius 2 is 2.05 bits per heavy atom. The van der Waals surface area contributed by atoms with E-state index in [2.05, 4.69) is 13.8 Å². The summed E-state index contributed by atoms with van der Waals surface area (Å²) in [5.74, 6) is -0.200. The summed E-state index contributed by atoms with van der Waals surface area (Å²) in [4.78, 5) is 23.8. The SMILES string of the molecule is CC=C(C)C(=O)C1C(C)=CC(OC(C)=O)CC1(C)CC. The van der Waals surface area contributed by atoms with Crippen LogP contribution in [0.4, 0.5) is 0 Å². The Morgan fingerprint density at radius 1 is 1.45 bits per heavy atom. The summed E-state index contributed by atoms with van der Waals surface area (Å²) >= 11 is 0. The van der Waals surface area contributed by atoms with Crippen LogP contribution in [0, 0.1) is 11.3 Å². The second-order valence-corrected chi connectivity index (χ2v) is 6.04. The third-order valence-corrected chi connectivity index (χ3v) is 4.48. The lowest BCUT2D eigenvalue weighted by Crippen LogP contribution is -2.41. The lowest BCUT2D eigenvalue weighted by molar-refractivity contribution is -0.146. The molecule has 0 N–H and O–H groups in total. The van der Waals surface area contributed by atoms with Crippen LogP contribution in [-0.4, -0.2) is 17.9 Å². The van der Waals surface area contributed by atoms with Gasteiger partial charge >= 0.3 is 5.97 Å². The van der Waals surface area contributed by atoms with Crippen LogP contribution < -0.4 is 0 Å². The number of Topliss-reactive ketones (excluding diaryl/α,β-unsaturated/α-hetero) is 1. The van der Waals surface area contributed by atoms with Gasteiger partial charge in [0.25, 0.3) is 0 Å². The molecule has 0 aromatic rings. The number of hydrogen-bond acceptors (Lipinski definition) is 3. The Bertz CT molecular complexity index is 459. The molecule has 3 unspecified atom stereocenters. The molecule has 3 nitrogen and oxygen atoms in total. The predicted molar refractivity (Wildman–Crippen MR) is 80.3 cm³/mol. The van der Waals surface area contributed by atoms with Gasteiger partial charge in [0.05, 0.1) is 0 Å². The molecule has 0 aromatic heterocycles. The number of allylic oxidation sites excluding steroid dienone is 3. The Labute approximate surface area is 122 Å². The zero-order valence-electron chi connectivity index (χ0n) is 13.4. The van der Waals surface area contributed by atoms with E-state index in [4.69, 9.17) is 4.74 Å². The number of carbonyl (C=O) groups is 2. The van der Waals surface area contributed by atoms with Crippen LogP contribution in [0.15, 0.2) is 23.3 Å². The number of rotatable bonds is 4. The summed E-state index contributed by atoms with van der Waals surface area (Å²) in [6.07, 6.45) is 5.16. The zero-order valence-corrected chi connectivity index (χ0v) is 13.4. The molecular formula is C17H26O3. The van der Waals surface area contributed by atoms with E-state index in [1.807, 2.05) is 32.9 Å². The fourth-order valence-corrected chi connectivity index (χ4v) is 3.11. The van der Waals surface area contributed by atoms with E-state index in [1.165, 1.54) is 6.92 Å². The second kappa shape index (κ2) is 6.38. The molecule has 3 heteroatoms. The Morgan fingerprint density at radius 3 is 2.50 bits per heavy atom. The standard InChI is InChI=1S/C17H26O3/c1-7-11(3)16(19)15-12(4)9-14(20-13(5)18)10-17(15,6)8-2/h7,9,14-15H,8,10H2,1-6H3. The van der Waals surface area contributed by atoms with Gasteiger partial charge in [-0.05, 0) is 50.7 Å². The number of hydrogen-bond donors (Lipinski definition) is 0. The molecule has 1 aliphatic carbocycles. The minimum absolute atomic E-state index is 0.115. The van der Waals surface area contributed by atoms with Crippen molar-refractivity contribution in [2.45, 2.75) is 60.5 Å². The highest BCUT2D eigenvalue weighted by Crippen LogP contribution is 2.46. The first-order chi connectivity index (χ1) is 9.25. The molecule has 20 heavy (non-hydrogen) atoms. The normalized spacial score (nSPS) is 30.7. The van der Waals surface area contributed by atoms with Gasteiger partial charge in [0.15, 0.2) is 5.78 Å². The second-order valence-electron chi connectivity index (χ2n) is 6.04. The van der Waals surface area contributed by atoms with Crippen molar-refractivity contribution in [3.63, 3.8) is 0 Å². The van der Waals surface area contributed by atoms with E-state index in [0.29, 0.717) is 6.42 Å². The van der Waals surface area contributed by atoms with Crippen molar-refractivity contribution in [2.75, 3.05) is 0 Å². The Kier molecular flexibility index (Phi) is 5.32. The van der Waals surface area contributed by atoms with E-state index in [-0.39, 0.29) is 29.2 Å². The summed E-state index contributed by atoms with van der Waals surface area (Å²) < 4.78 is 5.33. The Balaban J connectivity index is 3.16. The maximum atomic E-state index is 12.6. The van der Waals surface area contributed by atoms with Crippen molar-refractivity contribution in [1.29, 1.82) is 0 Å². The lowest BCUT2D eigenvalue weighted by Gasteiger charge is -2.42. The van der Waals surface area contributed by atoms with Crippen molar-refractivity contribution in [3.8, 4) is 0 Å². The average molecular weight is 278 g/mol. The number of ether oxygens (including phenoxy) is 1. The van der Waals surface area contributed by atoms with E-state index in [9.17, 15) is 9.59 Å². The summed E-state index contributed by atoms with van der Waals surface area (Å²) in [7, 11) is 0. The molecule has 0 aliphatic heterocycles. The van der Waals surface area contributed by atoms with Crippen molar-refractivity contribution in [2.24, 2.45) is 11.3 Å². The van der Waals surface area contributed by atoms with Crippen LogP contribution in [0.2, 0.25) is 0 Å². The van der Waals surface area contributed by atoms with Gasteiger partial charge in [-0.3, -0.25) is 9.59 Å². The van der Waals surface area contributed by atoms with Gasteiger partial charge in [-0.2, -0.15) is 0 Å². The number of carbonyl (C=O) groups excluding carboxylic acids is 2. The third kappa shape index (κ3) is 3.38. The first-order valence-electron chi connectivity index (χ1n) is 7.27. The predicted octanol–water partition coefficient (Wildman–Crippen LogP) is 3.84. The average Bonchev–Trinajstić information content (AvgIpc) is 2.35. The van der Waals surface area contributed by atoms with Crippen molar-refractivity contribution >= 4 is 11.8 Å². The molecular weight excluding hydrogens is 252 g/mol. The largest absolute Gasteiger partial charge is 0.458 e. The molecule has 0 radical (unpaired) electrons. The van der Waals surface area contributed by atoms with Crippen molar-refractivity contribution in [1.82, 2.24) is 0 Å². The molecule has 112 valence electrons. The van der Waals surface area contributed by atoms with E-state index >= 15 is 0 Å². The quantitative estimate of drug-likeness (QED) is 0.446. The van der Waals surface area contributed by atoms with E-state index in [0.717, 1.165) is 17.6 Å². The van der Waals surface area contributed by atoms with Gasteiger partial charge < -0.3 is 4.74 Å². The number of ketones is 1. The van der Waals surface area contributed by atoms with Crippen molar-refractivity contribution in [3.05, 3.63) is 23.3 Å².